The lowest BCUT2D eigenvalue weighted by Gasteiger charge is -2.59. The van der Waals surface area contributed by atoms with Gasteiger partial charge in [-0.1, -0.05) is 0 Å². The van der Waals surface area contributed by atoms with Gasteiger partial charge in [0, 0.05) is 6.04 Å². The largest absolute Gasteiger partial charge is 0.313 e. The van der Waals surface area contributed by atoms with Crippen molar-refractivity contribution < 1.29 is 0 Å². The van der Waals surface area contributed by atoms with Crippen LogP contribution in [0.4, 0.5) is 0 Å². The molecule has 1 aromatic heterocycles. The Labute approximate surface area is 127 Å². The third-order valence-corrected chi connectivity index (χ3v) is 7.18. The van der Waals surface area contributed by atoms with Gasteiger partial charge in [-0.15, -0.1) is 0 Å². The van der Waals surface area contributed by atoms with Gasteiger partial charge in [-0.05, 0) is 104 Å². The molecule has 5 rings (SSSR count). The molecule has 1 N–H and O–H groups in total. The predicted octanol–water partition coefficient (Wildman–Crippen LogP) is 4.49. The molecular weight excluding hydrogens is 262 g/mol. The molecule has 0 amide bonds. The van der Waals surface area contributed by atoms with Crippen LogP contribution in [0.2, 0.25) is 0 Å². The van der Waals surface area contributed by atoms with E-state index < -0.39 is 0 Å². The first-order valence-corrected chi connectivity index (χ1v) is 9.42. The molecule has 1 unspecified atom stereocenters. The molecule has 0 aromatic carbocycles. The topological polar surface area (TPSA) is 12.0 Å². The Balaban J connectivity index is 1.37. The van der Waals surface area contributed by atoms with Crippen molar-refractivity contribution in [3.63, 3.8) is 0 Å². The van der Waals surface area contributed by atoms with Gasteiger partial charge in [0.1, 0.15) is 0 Å². The lowest BCUT2D eigenvalue weighted by atomic mass is 9.48. The van der Waals surface area contributed by atoms with Gasteiger partial charge < -0.3 is 5.32 Å². The van der Waals surface area contributed by atoms with Gasteiger partial charge in [0.2, 0.25) is 0 Å². The van der Waals surface area contributed by atoms with Crippen LogP contribution in [0.25, 0.3) is 0 Å². The Morgan fingerprint density at radius 2 is 1.85 bits per heavy atom. The van der Waals surface area contributed by atoms with Crippen LogP contribution in [0.3, 0.4) is 0 Å². The van der Waals surface area contributed by atoms with Gasteiger partial charge in [-0.25, -0.2) is 0 Å². The summed E-state index contributed by atoms with van der Waals surface area (Å²) in [5.74, 6) is 3.21. The van der Waals surface area contributed by atoms with Crippen molar-refractivity contribution in [2.75, 3.05) is 6.54 Å². The summed E-state index contributed by atoms with van der Waals surface area (Å²) in [6.07, 6.45) is 10.4. The van der Waals surface area contributed by atoms with E-state index in [9.17, 15) is 0 Å². The van der Waals surface area contributed by atoms with Crippen molar-refractivity contribution in [3.8, 4) is 0 Å². The molecule has 4 aliphatic rings. The molecule has 4 aliphatic carbocycles. The SMILES string of the molecule is CC(NCCc1ccsc1)C12CC3CC(CC(C3)C1)C2. The molecule has 0 spiro atoms. The molecule has 4 fully saturated rings. The monoisotopic (exact) mass is 289 g/mol. The molecule has 0 saturated heterocycles. The second-order valence-electron chi connectivity index (χ2n) is 7.84. The van der Waals surface area contributed by atoms with E-state index in [2.05, 4.69) is 29.1 Å². The van der Waals surface area contributed by atoms with Crippen molar-refractivity contribution in [3.05, 3.63) is 22.4 Å². The van der Waals surface area contributed by atoms with Crippen LogP contribution in [0, 0.1) is 23.2 Å². The zero-order valence-corrected chi connectivity index (χ0v) is 13.4. The summed E-state index contributed by atoms with van der Waals surface area (Å²) in [6, 6.07) is 2.98. The van der Waals surface area contributed by atoms with Crippen LogP contribution in [0.15, 0.2) is 16.8 Å². The summed E-state index contributed by atoms with van der Waals surface area (Å²) >= 11 is 1.82. The van der Waals surface area contributed by atoms with Crippen molar-refractivity contribution in [1.82, 2.24) is 5.32 Å². The van der Waals surface area contributed by atoms with Gasteiger partial charge in [0.25, 0.3) is 0 Å². The summed E-state index contributed by atoms with van der Waals surface area (Å²) in [6.45, 7) is 3.63. The Morgan fingerprint density at radius 1 is 1.20 bits per heavy atom. The third kappa shape index (κ3) is 2.35. The summed E-state index contributed by atoms with van der Waals surface area (Å²) in [5.41, 5.74) is 2.16. The van der Waals surface area contributed by atoms with Crippen LogP contribution < -0.4 is 5.32 Å². The van der Waals surface area contributed by atoms with E-state index in [1.54, 1.807) is 19.3 Å². The molecule has 110 valence electrons. The van der Waals surface area contributed by atoms with E-state index in [4.69, 9.17) is 0 Å². The van der Waals surface area contributed by atoms with Crippen molar-refractivity contribution in [1.29, 1.82) is 0 Å². The van der Waals surface area contributed by atoms with E-state index in [1.807, 2.05) is 11.3 Å². The minimum absolute atomic E-state index is 0.656. The Morgan fingerprint density at radius 3 is 2.40 bits per heavy atom. The summed E-state index contributed by atoms with van der Waals surface area (Å²) in [7, 11) is 0. The molecule has 1 aromatic rings. The fourth-order valence-electron chi connectivity index (χ4n) is 5.79. The highest BCUT2D eigenvalue weighted by atomic mass is 32.1. The fourth-order valence-corrected chi connectivity index (χ4v) is 6.50. The standard InChI is InChI=1S/C18H27NS/c1-13(19-4-2-14-3-5-20-12-14)18-9-15-6-16(10-18)8-17(7-15)11-18/h3,5,12-13,15-17,19H,2,4,6-11H2,1H3. The molecular formula is C18H27NS. The molecule has 0 radical (unpaired) electrons. The molecule has 4 bridgehead atoms. The Bertz CT molecular complexity index is 415. The molecule has 20 heavy (non-hydrogen) atoms. The van der Waals surface area contributed by atoms with Crippen LogP contribution >= 0.6 is 11.3 Å². The summed E-state index contributed by atoms with van der Waals surface area (Å²) in [4.78, 5) is 0. The number of hydrogen-bond donors (Lipinski definition) is 1. The van der Waals surface area contributed by atoms with Gasteiger partial charge in [0.05, 0.1) is 0 Å². The number of rotatable bonds is 5. The average Bonchev–Trinajstić information content (AvgIpc) is 2.90. The van der Waals surface area contributed by atoms with Gasteiger partial charge in [0.15, 0.2) is 0 Å². The highest BCUT2D eigenvalue weighted by molar-refractivity contribution is 7.07. The smallest absolute Gasteiger partial charge is 0.00956 e. The number of nitrogens with one attached hydrogen (secondary N) is 1. The number of hydrogen-bond acceptors (Lipinski definition) is 2. The van der Waals surface area contributed by atoms with Crippen LogP contribution in [0.5, 0.6) is 0 Å². The Hall–Kier alpha value is -0.340. The molecule has 1 heterocycles. The highest BCUT2D eigenvalue weighted by Crippen LogP contribution is 2.61. The first-order valence-electron chi connectivity index (χ1n) is 8.48. The predicted molar refractivity (Wildman–Crippen MR) is 86.1 cm³/mol. The minimum Gasteiger partial charge on any atom is -0.313 e. The normalized spacial score (nSPS) is 40.1. The van der Waals surface area contributed by atoms with Gasteiger partial charge in [-0.3, -0.25) is 0 Å². The highest BCUT2D eigenvalue weighted by Gasteiger charge is 2.52. The van der Waals surface area contributed by atoms with Crippen molar-refractivity contribution >= 4 is 11.3 Å². The van der Waals surface area contributed by atoms with Crippen molar-refractivity contribution in [2.45, 2.75) is 57.9 Å². The quantitative estimate of drug-likeness (QED) is 0.842. The van der Waals surface area contributed by atoms with Crippen LogP contribution in [0.1, 0.15) is 51.0 Å². The first kappa shape index (κ1) is 13.3. The van der Waals surface area contributed by atoms with E-state index in [1.165, 1.54) is 31.2 Å². The molecule has 2 heteroatoms. The molecule has 0 aliphatic heterocycles. The minimum atomic E-state index is 0.656. The summed E-state index contributed by atoms with van der Waals surface area (Å²) in [5, 5.41) is 8.36. The van der Waals surface area contributed by atoms with E-state index in [-0.39, 0.29) is 0 Å². The zero-order valence-electron chi connectivity index (χ0n) is 12.6. The van der Waals surface area contributed by atoms with E-state index >= 15 is 0 Å². The maximum absolute atomic E-state index is 3.88. The number of thiophene rings is 1. The summed E-state index contributed by atoms with van der Waals surface area (Å²) < 4.78 is 0. The average molecular weight is 289 g/mol. The second-order valence-corrected chi connectivity index (χ2v) is 8.62. The second kappa shape index (κ2) is 5.14. The Kier molecular flexibility index (Phi) is 3.42. The van der Waals surface area contributed by atoms with Crippen molar-refractivity contribution in [2.24, 2.45) is 23.2 Å². The van der Waals surface area contributed by atoms with Crippen LogP contribution in [-0.4, -0.2) is 12.6 Å². The van der Waals surface area contributed by atoms with Gasteiger partial charge >= 0.3 is 0 Å². The fraction of sp³-hybridized carbons (Fsp3) is 0.778. The lowest BCUT2D eigenvalue weighted by molar-refractivity contribution is -0.0702. The lowest BCUT2D eigenvalue weighted by Crippen LogP contribution is -2.55. The van der Waals surface area contributed by atoms with Gasteiger partial charge in [-0.2, -0.15) is 11.3 Å². The first-order chi connectivity index (χ1) is 9.73. The molecule has 1 nitrogen and oxygen atoms in total. The maximum atomic E-state index is 3.88. The molecule has 1 atom stereocenters. The maximum Gasteiger partial charge on any atom is 0.00956 e. The van der Waals surface area contributed by atoms with E-state index in [0.29, 0.717) is 5.41 Å². The zero-order chi connectivity index (χ0) is 13.6. The van der Waals surface area contributed by atoms with E-state index in [0.717, 1.165) is 30.3 Å². The third-order valence-electron chi connectivity index (χ3n) is 6.45. The molecule has 4 saturated carbocycles. The van der Waals surface area contributed by atoms with Crippen LogP contribution in [-0.2, 0) is 6.42 Å².